The number of phenols is 1. The highest BCUT2D eigenvalue weighted by Gasteiger charge is 2.39. The summed E-state index contributed by atoms with van der Waals surface area (Å²) in [4.78, 5) is 14.2. The van der Waals surface area contributed by atoms with Crippen LogP contribution in [0.5, 0.6) is 5.75 Å². The van der Waals surface area contributed by atoms with E-state index in [1.54, 1.807) is 25.2 Å². The van der Waals surface area contributed by atoms with Crippen molar-refractivity contribution in [2.24, 2.45) is 5.41 Å². The molecule has 0 radical (unpaired) electrons. The average molecular weight is 274 g/mol. The Morgan fingerprint density at radius 1 is 1.35 bits per heavy atom. The van der Waals surface area contributed by atoms with Crippen molar-refractivity contribution in [3.05, 3.63) is 24.3 Å². The largest absolute Gasteiger partial charge is 0.508 e. The number of carbonyl (C=O) groups is 1. The lowest BCUT2D eigenvalue weighted by Crippen LogP contribution is -2.41. The molecule has 20 heavy (non-hydrogen) atoms. The van der Waals surface area contributed by atoms with Crippen LogP contribution in [0.4, 0.5) is 5.69 Å². The monoisotopic (exact) mass is 274 g/mol. The number of phenolic OH excluding ortho intramolecular Hbond substituents is 1. The molecule has 1 aromatic carbocycles. The summed E-state index contributed by atoms with van der Waals surface area (Å²) >= 11 is 0. The van der Waals surface area contributed by atoms with Crippen LogP contribution in [-0.2, 0) is 4.79 Å². The third-order valence-corrected chi connectivity index (χ3v) is 3.50. The van der Waals surface area contributed by atoms with Crippen LogP contribution >= 0.6 is 0 Å². The van der Waals surface area contributed by atoms with Gasteiger partial charge in [-0.1, -0.05) is 32.8 Å². The number of anilines is 1. The van der Waals surface area contributed by atoms with Crippen molar-refractivity contribution >= 4 is 11.6 Å². The van der Waals surface area contributed by atoms with Crippen LogP contribution in [0.2, 0.25) is 0 Å². The second kappa shape index (κ2) is 6.95. The van der Waals surface area contributed by atoms with Crippen LogP contribution < -0.4 is 4.90 Å². The molecule has 0 spiro atoms. The number of hydrogen-bond donors (Lipinski definition) is 1. The van der Waals surface area contributed by atoms with Crippen molar-refractivity contribution in [3.63, 3.8) is 0 Å². The molecule has 0 atom stereocenters. The topological polar surface area (TPSA) is 64.3 Å². The van der Waals surface area contributed by atoms with Gasteiger partial charge in [0.1, 0.15) is 11.2 Å². The second-order valence-electron chi connectivity index (χ2n) is 5.08. The van der Waals surface area contributed by atoms with Crippen LogP contribution in [0.1, 0.15) is 39.5 Å². The van der Waals surface area contributed by atoms with E-state index in [0.717, 1.165) is 12.8 Å². The van der Waals surface area contributed by atoms with Gasteiger partial charge < -0.3 is 10.0 Å². The minimum atomic E-state index is -0.969. The van der Waals surface area contributed by atoms with E-state index >= 15 is 0 Å². The van der Waals surface area contributed by atoms with Gasteiger partial charge in [0.15, 0.2) is 0 Å². The number of hydrogen-bond acceptors (Lipinski definition) is 3. The van der Waals surface area contributed by atoms with Crippen LogP contribution in [0, 0.1) is 16.7 Å². The molecule has 0 heterocycles. The average Bonchev–Trinajstić information content (AvgIpc) is 2.45. The Morgan fingerprint density at radius 2 is 1.95 bits per heavy atom. The van der Waals surface area contributed by atoms with E-state index in [4.69, 9.17) is 0 Å². The minimum Gasteiger partial charge on any atom is -0.508 e. The van der Waals surface area contributed by atoms with Gasteiger partial charge in [0.05, 0.1) is 6.07 Å². The molecule has 0 aromatic heterocycles. The lowest BCUT2D eigenvalue weighted by atomic mass is 9.79. The minimum absolute atomic E-state index is 0.107. The van der Waals surface area contributed by atoms with Crippen molar-refractivity contribution in [1.29, 1.82) is 5.26 Å². The first-order valence-corrected chi connectivity index (χ1v) is 6.99. The van der Waals surface area contributed by atoms with Gasteiger partial charge in [-0.15, -0.1) is 0 Å². The predicted octanol–water partition coefficient (Wildman–Crippen LogP) is 3.47. The smallest absolute Gasteiger partial charge is 0.247 e. The lowest BCUT2D eigenvalue weighted by Gasteiger charge is -2.30. The number of benzene rings is 1. The first-order valence-electron chi connectivity index (χ1n) is 6.99. The van der Waals surface area contributed by atoms with E-state index < -0.39 is 5.41 Å². The molecule has 0 fully saturated rings. The molecule has 1 amide bonds. The summed E-state index contributed by atoms with van der Waals surface area (Å²) in [6, 6.07) is 8.74. The van der Waals surface area contributed by atoms with Gasteiger partial charge >= 0.3 is 0 Å². The Morgan fingerprint density at radius 3 is 2.40 bits per heavy atom. The molecule has 108 valence electrons. The first-order chi connectivity index (χ1) is 9.50. The molecule has 0 saturated heterocycles. The molecule has 4 heteroatoms. The van der Waals surface area contributed by atoms with Crippen LogP contribution in [-0.4, -0.2) is 18.1 Å². The number of amides is 1. The summed E-state index contributed by atoms with van der Waals surface area (Å²) < 4.78 is 0. The number of nitriles is 1. The number of carbonyl (C=O) groups excluding carboxylic acids is 1. The number of rotatable bonds is 6. The normalized spacial score (nSPS) is 10.9. The molecular formula is C16H22N2O2. The van der Waals surface area contributed by atoms with E-state index in [1.165, 1.54) is 11.0 Å². The Hall–Kier alpha value is -2.02. The van der Waals surface area contributed by atoms with Gasteiger partial charge in [0.25, 0.3) is 0 Å². The van der Waals surface area contributed by atoms with Gasteiger partial charge in [-0.05, 0) is 25.0 Å². The molecule has 1 N–H and O–H groups in total. The molecule has 0 bridgehead atoms. The van der Waals surface area contributed by atoms with E-state index in [0.29, 0.717) is 18.5 Å². The second-order valence-corrected chi connectivity index (χ2v) is 5.08. The summed E-state index contributed by atoms with van der Waals surface area (Å²) in [5.74, 6) is -0.0926. The maximum absolute atomic E-state index is 12.7. The Labute approximate surface area is 120 Å². The summed E-state index contributed by atoms with van der Waals surface area (Å²) in [5.41, 5.74) is -0.370. The number of aromatic hydroxyl groups is 1. The summed E-state index contributed by atoms with van der Waals surface area (Å²) in [5, 5.41) is 19.0. The van der Waals surface area contributed by atoms with E-state index in [2.05, 4.69) is 6.07 Å². The van der Waals surface area contributed by atoms with Crippen molar-refractivity contribution < 1.29 is 9.90 Å². The molecule has 1 aromatic rings. The fraction of sp³-hybridized carbons (Fsp3) is 0.500. The highest BCUT2D eigenvalue weighted by Crippen LogP contribution is 2.33. The Kier molecular flexibility index (Phi) is 5.57. The Bertz CT molecular complexity index is 499. The molecule has 0 aliphatic heterocycles. The van der Waals surface area contributed by atoms with Crippen molar-refractivity contribution in [2.45, 2.75) is 39.5 Å². The molecule has 1 rings (SSSR count). The Balaban J connectivity index is 3.09. The van der Waals surface area contributed by atoms with E-state index in [1.807, 2.05) is 13.8 Å². The van der Waals surface area contributed by atoms with Gasteiger partial charge in [-0.25, -0.2) is 0 Å². The van der Waals surface area contributed by atoms with Crippen molar-refractivity contribution in [1.82, 2.24) is 0 Å². The standard InChI is InChI=1S/C16H22N2O2/c1-4-9-16(12-17,10-5-2)15(20)18(3)13-7-6-8-14(19)11-13/h6-8,11,19H,4-5,9-10H2,1-3H3. The third kappa shape index (κ3) is 3.30. The third-order valence-electron chi connectivity index (χ3n) is 3.50. The summed E-state index contributed by atoms with van der Waals surface area (Å²) in [6.45, 7) is 3.95. The van der Waals surface area contributed by atoms with Gasteiger partial charge in [0.2, 0.25) is 5.91 Å². The molecule has 0 aliphatic rings. The summed E-state index contributed by atoms with van der Waals surface area (Å²) in [6.07, 6.45) is 2.68. The maximum atomic E-state index is 12.7. The van der Waals surface area contributed by atoms with Crippen LogP contribution in [0.3, 0.4) is 0 Å². The van der Waals surface area contributed by atoms with Gasteiger partial charge in [-0.3, -0.25) is 4.79 Å². The van der Waals surface area contributed by atoms with E-state index in [9.17, 15) is 15.2 Å². The molecule has 0 unspecified atom stereocenters. The predicted molar refractivity (Wildman–Crippen MR) is 79.4 cm³/mol. The zero-order chi connectivity index (χ0) is 15.2. The molecular weight excluding hydrogens is 252 g/mol. The van der Waals surface area contributed by atoms with E-state index in [-0.39, 0.29) is 11.7 Å². The first kappa shape index (κ1) is 16.0. The van der Waals surface area contributed by atoms with Crippen LogP contribution in [0.15, 0.2) is 24.3 Å². The van der Waals surface area contributed by atoms with Crippen molar-refractivity contribution in [3.8, 4) is 11.8 Å². The molecule has 0 saturated carbocycles. The summed E-state index contributed by atoms with van der Waals surface area (Å²) in [7, 11) is 1.65. The van der Waals surface area contributed by atoms with Crippen LogP contribution in [0.25, 0.3) is 0 Å². The van der Waals surface area contributed by atoms with Gasteiger partial charge in [-0.2, -0.15) is 5.26 Å². The molecule has 0 aliphatic carbocycles. The molecule has 4 nitrogen and oxygen atoms in total. The highest BCUT2D eigenvalue weighted by atomic mass is 16.3. The maximum Gasteiger partial charge on any atom is 0.247 e. The fourth-order valence-electron chi connectivity index (χ4n) is 2.49. The SMILES string of the molecule is CCCC(C#N)(CCC)C(=O)N(C)c1cccc(O)c1. The zero-order valence-electron chi connectivity index (χ0n) is 12.4. The fourth-order valence-corrected chi connectivity index (χ4v) is 2.49. The van der Waals surface area contributed by atoms with Crippen molar-refractivity contribution in [2.75, 3.05) is 11.9 Å². The quantitative estimate of drug-likeness (QED) is 0.864. The lowest BCUT2D eigenvalue weighted by molar-refractivity contribution is -0.125. The zero-order valence-corrected chi connectivity index (χ0v) is 12.4. The number of nitrogens with zero attached hydrogens (tertiary/aromatic N) is 2. The van der Waals surface area contributed by atoms with Gasteiger partial charge in [0, 0.05) is 18.8 Å². The highest BCUT2D eigenvalue weighted by molar-refractivity contribution is 5.99.